The Kier molecular flexibility index (Phi) is 2.99. The molecule has 1 unspecified atom stereocenters. The second-order valence-corrected chi connectivity index (χ2v) is 4.13. The van der Waals surface area contributed by atoms with Crippen LogP contribution in [-0.2, 0) is 0 Å². The largest absolute Gasteiger partial charge is 0.336 e. The van der Waals surface area contributed by atoms with Gasteiger partial charge in [0.1, 0.15) is 5.69 Å². The third kappa shape index (κ3) is 1.96. The van der Waals surface area contributed by atoms with Gasteiger partial charge in [0, 0.05) is 18.2 Å². The van der Waals surface area contributed by atoms with Crippen LogP contribution in [0.25, 0.3) is 0 Å². The van der Waals surface area contributed by atoms with Crippen LogP contribution in [0.15, 0.2) is 29.4 Å². The highest BCUT2D eigenvalue weighted by Gasteiger charge is 2.25. The van der Waals surface area contributed by atoms with E-state index in [4.69, 9.17) is 0 Å². The van der Waals surface area contributed by atoms with Crippen LogP contribution in [0.3, 0.4) is 0 Å². The van der Waals surface area contributed by atoms with Crippen molar-refractivity contribution in [3.05, 3.63) is 34.7 Å². The van der Waals surface area contributed by atoms with Crippen LogP contribution in [0, 0.1) is 4.91 Å². The summed E-state index contributed by atoms with van der Waals surface area (Å²) in [7, 11) is 0. The van der Waals surface area contributed by atoms with Crippen molar-refractivity contribution < 1.29 is 4.79 Å². The fourth-order valence-electron chi connectivity index (χ4n) is 2.10. The SMILES string of the molecule is CC1CCCN1C(=O)c1cccc(N=O)c1. The van der Waals surface area contributed by atoms with Gasteiger partial charge in [-0.3, -0.25) is 4.79 Å². The number of benzene rings is 1. The van der Waals surface area contributed by atoms with Crippen LogP contribution in [0.2, 0.25) is 0 Å². The Morgan fingerprint density at radius 3 is 2.94 bits per heavy atom. The molecule has 0 aromatic heterocycles. The van der Waals surface area contributed by atoms with Gasteiger partial charge in [-0.15, -0.1) is 4.91 Å². The number of nitrogens with zero attached hydrogens (tertiary/aromatic N) is 2. The lowest BCUT2D eigenvalue weighted by Crippen LogP contribution is -2.33. The summed E-state index contributed by atoms with van der Waals surface area (Å²) in [5.41, 5.74) is 0.851. The zero-order valence-corrected chi connectivity index (χ0v) is 9.22. The van der Waals surface area contributed by atoms with Crippen LogP contribution in [0.5, 0.6) is 0 Å². The van der Waals surface area contributed by atoms with E-state index in [1.165, 1.54) is 0 Å². The molecule has 84 valence electrons. The number of carbonyl (C=O) groups excluding carboxylic acids is 1. The topological polar surface area (TPSA) is 49.7 Å². The van der Waals surface area contributed by atoms with E-state index in [-0.39, 0.29) is 5.91 Å². The Morgan fingerprint density at radius 1 is 1.50 bits per heavy atom. The molecule has 2 rings (SSSR count). The molecule has 0 bridgehead atoms. The molecule has 1 heterocycles. The van der Waals surface area contributed by atoms with Crippen LogP contribution >= 0.6 is 0 Å². The quantitative estimate of drug-likeness (QED) is 0.716. The first-order chi connectivity index (χ1) is 7.72. The highest BCUT2D eigenvalue weighted by atomic mass is 16.3. The maximum Gasteiger partial charge on any atom is 0.254 e. The molecule has 1 saturated heterocycles. The summed E-state index contributed by atoms with van der Waals surface area (Å²) >= 11 is 0. The second-order valence-electron chi connectivity index (χ2n) is 4.13. The van der Waals surface area contributed by atoms with Gasteiger partial charge in [0.15, 0.2) is 0 Å². The molecule has 1 amide bonds. The first-order valence-corrected chi connectivity index (χ1v) is 5.47. The molecule has 1 aromatic carbocycles. The first kappa shape index (κ1) is 10.8. The number of amides is 1. The summed E-state index contributed by atoms with van der Waals surface area (Å²) < 4.78 is 0. The van der Waals surface area contributed by atoms with Crippen LogP contribution in [0.1, 0.15) is 30.1 Å². The number of likely N-dealkylation sites (tertiary alicyclic amines) is 1. The molecule has 4 nitrogen and oxygen atoms in total. The van der Waals surface area contributed by atoms with Gasteiger partial charge in [0.2, 0.25) is 0 Å². The molecule has 1 aliphatic heterocycles. The minimum Gasteiger partial charge on any atom is -0.336 e. The average Bonchev–Trinajstić information content (AvgIpc) is 2.74. The van der Waals surface area contributed by atoms with Crippen molar-refractivity contribution in [2.24, 2.45) is 5.18 Å². The van der Waals surface area contributed by atoms with Gasteiger partial charge in [-0.1, -0.05) is 6.07 Å². The zero-order chi connectivity index (χ0) is 11.5. The van der Waals surface area contributed by atoms with Gasteiger partial charge < -0.3 is 4.90 Å². The standard InChI is InChI=1S/C12H14N2O2/c1-9-4-3-7-14(9)12(15)10-5-2-6-11(8-10)13-16/h2,5-6,8-9H,3-4,7H2,1H3. The van der Waals surface area contributed by atoms with Crippen molar-refractivity contribution in [1.29, 1.82) is 0 Å². The maximum absolute atomic E-state index is 12.1. The van der Waals surface area contributed by atoms with Gasteiger partial charge in [-0.25, -0.2) is 0 Å². The van der Waals surface area contributed by atoms with Gasteiger partial charge in [0.05, 0.1) is 0 Å². The average molecular weight is 218 g/mol. The molecule has 0 saturated carbocycles. The number of hydrogen-bond acceptors (Lipinski definition) is 3. The Bertz CT molecular complexity index is 417. The van der Waals surface area contributed by atoms with E-state index in [9.17, 15) is 9.70 Å². The van der Waals surface area contributed by atoms with Crippen molar-refractivity contribution >= 4 is 11.6 Å². The highest BCUT2D eigenvalue weighted by molar-refractivity contribution is 5.95. The van der Waals surface area contributed by atoms with Gasteiger partial charge in [0.25, 0.3) is 5.91 Å². The van der Waals surface area contributed by atoms with Crippen molar-refractivity contribution in [2.75, 3.05) is 6.54 Å². The van der Waals surface area contributed by atoms with Crippen molar-refractivity contribution in [1.82, 2.24) is 4.90 Å². The normalized spacial score (nSPS) is 19.8. The lowest BCUT2D eigenvalue weighted by Gasteiger charge is -2.21. The van der Waals surface area contributed by atoms with Crippen LogP contribution in [-0.4, -0.2) is 23.4 Å². The van der Waals surface area contributed by atoms with E-state index in [2.05, 4.69) is 5.18 Å². The van der Waals surface area contributed by atoms with Gasteiger partial charge in [-0.2, -0.15) is 0 Å². The fourth-order valence-corrected chi connectivity index (χ4v) is 2.10. The summed E-state index contributed by atoms with van der Waals surface area (Å²) in [6.07, 6.45) is 2.11. The molecule has 4 heteroatoms. The molecule has 0 radical (unpaired) electrons. The first-order valence-electron chi connectivity index (χ1n) is 5.47. The van der Waals surface area contributed by atoms with E-state index >= 15 is 0 Å². The van der Waals surface area contributed by atoms with E-state index in [0.29, 0.717) is 17.3 Å². The molecular formula is C12H14N2O2. The van der Waals surface area contributed by atoms with Crippen molar-refractivity contribution in [3.63, 3.8) is 0 Å². The third-order valence-electron chi connectivity index (χ3n) is 3.01. The van der Waals surface area contributed by atoms with E-state index in [1.807, 2.05) is 11.8 Å². The van der Waals surface area contributed by atoms with E-state index in [0.717, 1.165) is 19.4 Å². The maximum atomic E-state index is 12.1. The summed E-state index contributed by atoms with van der Waals surface area (Å²) in [5, 5.41) is 2.84. The predicted octanol–water partition coefficient (Wildman–Crippen LogP) is 2.71. The number of hydrogen-bond donors (Lipinski definition) is 0. The predicted molar refractivity (Wildman–Crippen MR) is 61.6 cm³/mol. The molecule has 0 aliphatic carbocycles. The summed E-state index contributed by atoms with van der Waals surface area (Å²) in [5.74, 6) is -0.00417. The molecule has 0 spiro atoms. The Hall–Kier alpha value is -1.71. The third-order valence-corrected chi connectivity index (χ3v) is 3.01. The molecule has 0 N–H and O–H groups in total. The number of carbonyl (C=O) groups is 1. The minimum atomic E-state index is -0.00417. The highest BCUT2D eigenvalue weighted by Crippen LogP contribution is 2.21. The van der Waals surface area contributed by atoms with E-state index in [1.54, 1.807) is 24.3 Å². The lowest BCUT2D eigenvalue weighted by atomic mass is 10.1. The Morgan fingerprint density at radius 2 is 2.31 bits per heavy atom. The summed E-state index contributed by atoms with van der Waals surface area (Å²) in [4.78, 5) is 24.4. The Labute approximate surface area is 94.2 Å². The Balaban J connectivity index is 2.23. The molecule has 1 aromatic rings. The van der Waals surface area contributed by atoms with Gasteiger partial charge in [-0.05, 0) is 43.1 Å². The van der Waals surface area contributed by atoms with Gasteiger partial charge >= 0.3 is 0 Å². The molecular weight excluding hydrogens is 204 g/mol. The molecule has 1 aliphatic rings. The number of rotatable bonds is 2. The lowest BCUT2D eigenvalue weighted by molar-refractivity contribution is 0.0747. The van der Waals surface area contributed by atoms with Crippen LogP contribution < -0.4 is 0 Å². The second kappa shape index (κ2) is 4.43. The van der Waals surface area contributed by atoms with Crippen LogP contribution in [0.4, 0.5) is 5.69 Å². The van der Waals surface area contributed by atoms with Crippen molar-refractivity contribution in [2.45, 2.75) is 25.8 Å². The monoisotopic (exact) mass is 218 g/mol. The molecule has 16 heavy (non-hydrogen) atoms. The number of nitroso groups, excluding NO2 is 1. The fraction of sp³-hybridized carbons (Fsp3) is 0.417. The van der Waals surface area contributed by atoms with E-state index < -0.39 is 0 Å². The molecule has 1 fully saturated rings. The summed E-state index contributed by atoms with van der Waals surface area (Å²) in [6.45, 7) is 2.85. The zero-order valence-electron chi connectivity index (χ0n) is 9.22. The minimum absolute atomic E-state index is 0.00417. The smallest absolute Gasteiger partial charge is 0.254 e. The summed E-state index contributed by atoms with van der Waals surface area (Å²) in [6, 6.07) is 6.84. The van der Waals surface area contributed by atoms with Crippen molar-refractivity contribution in [3.8, 4) is 0 Å². The molecule has 1 atom stereocenters.